The highest BCUT2D eigenvalue weighted by Crippen LogP contribution is 2.39. The number of rotatable bonds is 3. The number of hydrogen-bond donors (Lipinski definition) is 0. The molecule has 0 aliphatic heterocycles. The number of aryl methyl sites for hydroxylation is 2. The Labute approximate surface area is 125 Å². The lowest BCUT2D eigenvalue weighted by Crippen LogP contribution is -1.93. The monoisotopic (exact) mass is 344 g/mol. The van der Waals surface area contributed by atoms with Crippen LogP contribution in [0.3, 0.4) is 0 Å². The van der Waals surface area contributed by atoms with Crippen molar-refractivity contribution in [1.29, 1.82) is 0 Å². The molecule has 0 fully saturated rings. The van der Waals surface area contributed by atoms with Gasteiger partial charge in [0, 0.05) is 14.2 Å². The van der Waals surface area contributed by atoms with Crippen LogP contribution >= 0.6 is 38.9 Å². The highest BCUT2D eigenvalue weighted by Gasteiger charge is 2.17. The van der Waals surface area contributed by atoms with Crippen molar-refractivity contribution in [3.05, 3.63) is 49.6 Å². The molecule has 0 aliphatic rings. The molecule has 96 valence electrons. The summed E-state index contributed by atoms with van der Waals surface area (Å²) in [6.07, 6.45) is 0. The van der Waals surface area contributed by atoms with Gasteiger partial charge in [0.15, 0.2) is 0 Å². The number of benzene rings is 1. The van der Waals surface area contributed by atoms with Gasteiger partial charge in [0.25, 0.3) is 0 Å². The first-order valence-corrected chi connectivity index (χ1v) is 7.62. The third-order valence-electron chi connectivity index (χ3n) is 2.92. The molecule has 0 N–H and O–H groups in total. The number of methoxy groups -OCH3 is 1. The lowest BCUT2D eigenvalue weighted by Gasteiger charge is -2.11. The molecule has 0 saturated heterocycles. The summed E-state index contributed by atoms with van der Waals surface area (Å²) in [7, 11) is 1.66. The van der Waals surface area contributed by atoms with E-state index < -0.39 is 0 Å². The molecular weight excluding hydrogens is 332 g/mol. The van der Waals surface area contributed by atoms with Crippen LogP contribution in [0, 0.1) is 13.8 Å². The molecule has 0 amide bonds. The average Bonchev–Trinajstić information content (AvgIpc) is 2.68. The van der Waals surface area contributed by atoms with Crippen LogP contribution in [0.4, 0.5) is 0 Å². The Hall–Kier alpha value is -0.510. The fraction of sp³-hybridized carbons (Fsp3) is 0.286. The van der Waals surface area contributed by atoms with Crippen molar-refractivity contribution in [1.82, 2.24) is 0 Å². The van der Waals surface area contributed by atoms with Gasteiger partial charge in [-0.25, -0.2) is 0 Å². The summed E-state index contributed by atoms with van der Waals surface area (Å²) in [6, 6.07) is 8.04. The van der Waals surface area contributed by atoms with Gasteiger partial charge < -0.3 is 4.74 Å². The van der Waals surface area contributed by atoms with E-state index in [9.17, 15) is 0 Å². The molecule has 2 rings (SSSR count). The van der Waals surface area contributed by atoms with Crippen LogP contribution in [-0.2, 0) is 0 Å². The standard InChI is InChI=1S/C14H14BrClOS/c1-8-6-13(18-9(8)2)14(16)11-5-4-10(17-3)7-12(11)15/h4-7,14H,1-3H3. The summed E-state index contributed by atoms with van der Waals surface area (Å²) in [5.74, 6) is 0.827. The van der Waals surface area contributed by atoms with E-state index in [2.05, 4.69) is 35.8 Å². The number of thiophene rings is 1. The second-order valence-electron chi connectivity index (χ2n) is 4.14. The van der Waals surface area contributed by atoms with Crippen LogP contribution in [0.2, 0.25) is 0 Å². The van der Waals surface area contributed by atoms with Gasteiger partial charge in [-0.15, -0.1) is 22.9 Å². The third kappa shape index (κ3) is 2.73. The summed E-state index contributed by atoms with van der Waals surface area (Å²) in [4.78, 5) is 2.50. The molecular formula is C14H14BrClOS. The molecule has 2 aromatic rings. The van der Waals surface area contributed by atoms with Crippen LogP contribution in [0.5, 0.6) is 5.75 Å². The highest BCUT2D eigenvalue weighted by molar-refractivity contribution is 9.10. The molecule has 0 spiro atoms. The topological polar surface area (TPSA) is 9.23 Å². The first-order valence-electron chi connectivity index (χ1n) is 5.57. The lowest BCUT2D eigenvalue weighted by atomic mass is 10.1. The molecule has 0 aliphatic carbocycles. The Morgan fingerprint density at radius 1 is 1.28 bits per heavy atom. The number of halogens is 2. The fourth-order valence-corrected chi connectivity index (χ4v) is 3.87. The lowest BCUT2D eigenvalue weighted by molar-refractivity contribution is 0.414. The highest BCUT2D eigenvalue weighted by atomic mass is 79.9. The minimum atomic E-state index is -0.123. The zero-order valence-electron chi connectivity index (χ0n) is 10.5. The first-order chi connectivity index (χ1) is 8.52. The van der Waals surface area contributed by atoms with Crippen molar-refractivity contribution in [3.63, 3.8) is 0 Å². The first kappa shape index (κ1) is 13.9. The van der Waals surface area contributed by atoms with Gasteiger partial charge in [-0.1, -0.05) is 22.0 Å². The van der Waals surface area contributed by atoms with Crippen molar-refractivity contribution in [2.75, 3.05) is 7.11 Å². The Morgan fingerprint density at radius 2 is 2.00 bits per heavy atom. The van der Waals surface area contributed by atoms with Crippen LogP contribution < -0.4 is 4.74 Å². The Bertz CT molecular complexity index is 545. The molecule has 1 heterocycles. The summed E-state index contributed by atoms with van der Waals surface area (Å²) in [6.45, 7) is 4.23. The maximum Gasteiger partial charge on any atom is 0.120 e. The van der Waals surface area contributed by atoms with Crippen molar-refractivity contribution >= 4 is 38.9 Å². The van der Waals surface area contributed by atoms with Gasteiger partial charge in [0.05, 0.1) is 12.5 Å². The Balaban J connectivity index is 2.36. The zero-order chi connectivity index (χ0) is 13.3. The molecule has 1 aromatic heterocycles. The summed E-state index contributed by atoms with van der Waals surface area (Å²) in [5, 5.41) is -0.123. The Morgan fingerprint density at radius 3 is 2.50 bits per heavy atom. The van der Waals surface area contributed by atoms with Gasteiger partial charge in [-0.05, 0) is 43.2 Å². The van der Waals surface area contributed by atoms with E-state index in [0.717, 1.165) is 15.8 Å². The SMILES string of the molecule is COc1ccc(C(Cl)c2cc(C)c(C)s2)c(Br)c1. The largest absolute Gasteiger partial charge is 0.497 e. The van der Waals surface area contributed by atoms with E-state index in [4.69, 9.17) is 16.3 Å². The predicted molar refractivity (Wildman–Crippen MR) is 82.2 cm³/mol. The molecule has 1 nitrogen and oxygen atoms in total. The van der Waals surface area contributed by atoms with Crippen molar-refractivity contribution in [3.8, 4) is 5.75 Å². The van der Waals surface area contributed by atoms with E-state index >= 15 is 0 Å². The van der Waals surface area contributed by atoms with E-state index in [1.165, 1.54) is 15.3 Å². The molecule has 4 heteroatoms. The number of hydrogen-bond acceptors (Lipinski definition) is 2. The molecule has 0 saturated carbocycles. The van der Waals surface area contributed by atoms with Crippen molar-refractivity contribution < 1.29 is 4.74 Å². The van der Waals surface area contributed by atoms with Gasteiger partial charge in [-0.3, -0.25) is 0 Å². The van der Waals surface area contributed by atoms with E-state index in [1.54, 1.807) is 18.4 Å². The summed E-state index contributed by atoms with van der Waals surface area (Å²) >= 11 is 11.9. The number of ether oxygens (including phenoxy) is 1. The van der Waals surface area contributed by atoms with Crippen LogP contribution in [-0.4, -0.2) is 7.11 Å². The maximum atomic E-state index is 6.56. The molecule has 0 bridgehead atoms. The van der Waals surface area contributed by atoms with Crippen LogP contribution in [0.25, 0.3) is 0 Å². The molecule has 0 radical (unpaired) electrons. The van der Waals surface area contributed by atoms with Crippen LogP contribution in [0.1, 0.15) is 26.3 Å². The van der Waals surface area contributed by atoms with E-state index in [1.807, 2.05) is 18.2 Å². The van der Waals surface area contributed by atoms with Crippen LogP contribution in [0.15, 0.2) is 28.7 Å². The quantitative estimate of drug-likeness (QED) is 0.671. The summed E-state index contributed by atoms with van der Waals surface area (Å²) < 4.78 is 6.17. The molecule has 1 atom stereocenters. The fourth-order valence-electron chi connectivity index (χ4n) is 1.72. The average molecular weight is 346 g/mol. The predicted octanol–water partition coefficient (Wildman–Crippen LogP) is 5.46. The van der Waals surface area contributed by atoms with Gasteiger partial charge in [-0.2, -0.15) is 0 Å². The minimum absolute atomic E-state index is 0.123. The summed E-state index contributed by atoms with van der Waals surface area (Å²) in [5.41, 5.74) is 2.36. The maximum absolute atomic E-state index is 6.56. The van der Waals surface area contributed by atoms with E-state index in [0.29, 0.717) is 0 Å². The number of alkyl halides is 1. The molecule has 18 heavy (non-hydrogen) atoms. The normalized spacial score (nSPS) is 12.5. The Kier molecular flexibility index (Phi) is 4.36. The molecule has 1 aromatic carbocycles. The zero-order valence-corrected chi connectivity index (χ0v) is 13.6. The second kappa shape index (κ2) is 5.64. The van der Waals surface area contributed by atoms with Crippen molar-refractivity contribution in [2.24, 2.45) is 0 Å². The third-order valence-corrected chi connectivity index (χ3v) is 5.42. The van der Waals surface area contributed by atoms with Gasteiger partial charge >= 0.3 is 0 Å². The minimum Gasteiger partial charge on any atom is -0.497 e. The van der Waals surface area contributed by atoms with Crippen molar-refractivity contribution in [2.45, 2.75) is 19.2 Å². The van der Waals surface area contributed by atoms with Gasteiger partial charge in [0.2, 0.25) is 0 Å². The molecule has 1 unspecified atom stereocenters. The second-order valence-corrected chi connectivity index (χ2v) is 6.72. The smallest absolute Gasteiger partial charge is 0.120 e. The van der Waals surface area contributed by atoms with E-state index in [-0.39, 0.29) is 5.38 Å². The van der Waals surface area contributed by atoms with Gasteiger partial charge in [0.1, 0.15) is 5.75 Å².